The van der Waals surface area contributed by atoms with Crippen LogP contribution in [0.25, 0.3) is 0 Å². The van der Waals surface area contributed by atoms with Crippen LogP contribution in [-0.2, 0) is 11.3 Å². The predicted molar refractivity (Wildman–Crippen MR) is 108 cm³/mol. The van der Waals surface area contributed by atoms with Crippen LogP contribution in [0.15, 0.2) is 23.2 Å². The molecular formula is C21H33N3O3. The molecule has 2 N–H and O–H groups in total. The second kappa shape index (κ2) is 8.38. The highest BCUT2D eigenvalue weighted by atomic mass is 16.5. The van der Waals surface area contributed by atoms with Crippen molar-refractivity contribution in [1.29, 1.82) is 0 Å². The Labute approximate surface area is 162 Å². The Kier molecular flexibility index (Phi) is 6.15. The maximum Gasteiger partial charge on any atom is 0.191 e. The summed E-state index contributed by atoms with van der Waals surface area (Å²) < 4.78 is 16.9. The molecule has 1 saturated carbocycles. The van der Waals surface area contributed by atoms with Crippen molar-refractivity contribution in [2.45, 2.75) is 52.8 Å². The third-order valence-electron chi connectivity index (χ3n) is 5.68. The first-order chi connectivity index (χ1) is 13.0. The molecule has 1 saturated heterocycles. The number of benzene rings is 1. The SMILES string of the molecule is CCNC(=NCc1ccc(OC)c(OCC)c1)NC1C2CCOC2C1(C)C. The maximum absolute atomic E-state index is 5.90. The molecule has 6 heteroatoms. The monoisotopic (exact) mass is 375 g/mol. The largest absolute Gasteiger partial charge is 0.493 e. The van der Waals surface area contributed by atoms with E-state index in [1.165, 1.54) is 0 Å². The number of ether oxygens (including phenoxy) is 3. The van der Waals surface area contributed by atoms with E-state index in [0.717, 1.165) is 42.6 Å². The van der Waals surface area contributed by atoms with Crippen LogP contribution in [0.2, 0.25) is 0 Å². The molecule has 1 aliphatic carbocycles. The molecule has 1 aliphatic heterocycles. The van der Waals surface area contributed by atoms with Gasteiger partial charge in [0.25, 0.3) is 0 Å². The van der Waals surface area contributed by atoms with Crippen LogP contribution in [0, 0.1) is 11.3 Å². The minimum atomic E-state index is 0.125. The zero-order chi connectivity index (χ0) is 19.4. The quantitative estimate of drug-likeness (QED) is 0.567. The number of fused-ring (bicyclic) bond motifs is 1. The molecule has 0 spiro atoms. The molecule has 27 heavy (non-hydrogen) atoms. The standard InChI is InChI=1S/C21H33N3O3/c1-6-22-20(24-18-15-10-11-27-19(15)21(18,3)4)23-13-14-8-9-16(25-5)17(12-14)26-7-2/h8-9,12,15,18-19H,6-7,10-11,13H2,1-5H3,(H2,22,23,24). The van der Waals surface area contributed by atoms with E-state index in [2.05, 4.69) is 31.4 Å². The van der Waals surface area contributed by atoms with Gasteiger partial charge in [-0.25, -0.2) is 4.99 Å². The van der Waals surface area contributed by atoms with Crippen LogP contribution in [-0.4, -0.2) is 45.0 Å². The van der Waals surface area contributed by atoms with Crippen molar-refractivity contribution in [3.05, 3.63) is 23.8 Å². The number of guanidine groups is 1. The predicted octanol–water partition coefficient (Wildman–Crippen LogP) is 2.96. The lowest BCUT2D eigenvalue weighted by molar-refractivity contribution is -0.106. The van der Waals surface area contributed by atoms with Gasteiger partial charge < -0.3 is 24.8 Å². The number of hydrogen-bond acceptors (Lipinski definition) is 4. The fourth-order valence-electron chi connectivity index (χ4n) is 4.34. The summed E-state index contributed by atoms with van der Waals surface area (Å²) in [6.07, 6.45) is 1.50. The van der Waals surface area contributed by atoms with E-state index in [1.54, 1.807) is 7.11 Å². The van der Waals surface area contributed by atoms with Crippen LogP contribution in [0.5, 0.6) is 11.5 Å². The third kappa shape index (κ3) is 4.00. The molecule has 1 aromatic rings. The minimum Gasteiger partial charge on any atom is -0.493 e. The van der Waals surface area contributed by atoms with Crippen molar-refractivity contribution >= 4 is 5.96 Å². The van der Waals surface area contributed by atoms with Gasteiger partial charge in [-0.05, 0) is 38.0 Å². The van der Waals surface area contributed by atoms with Gasteiger partial charge in [-0.1, -0.05) is 19.9 Å². The number of nitrogens with one attached hydrogen (secondary N) is 2. The molecule has 3 rings (SSSR count). The Bertz CT molecular complexity index is 675. The summed E-state index contributed by atoms with van der Waals surface area (Å²) in [5.41, 5.74) is 1.21. The molecule has 3 unspecified atom stereocenters. The molecule has 0 aromatic heterocycles. The summed E-state index contributed by atoms with van der Waals surface area (Å²) >= 11 is 0. The summed E-state index contributed by atoms with van der Waals surface area (Å²) in [5, 5.41) is 7.03. The van der Waals surface area contributed by atoms with Gasteiger partial charge in [0.2, 0.25) is 0 Å². The molecule has 150 valence electrons. The topological polar surface area (TPSA) is 64.1 Å². The molecule has 2 fully saturated rings. The van der Waals surface area contributed by atoms with Gasteiger partial charge in [-0.3, -0.25) is 0 Å². The first-order valence-electron chi connectivity index (χ1n) is 9.97. The Morgan fingerprint density at radius 1 is 1.30 bits per heavy atom. The molecule has 0 radical (unpaired) electrons. The lowest BCUT2D eigenvalue weighted by atomic mass is 9.57. The van der Waals surface area contributed by atoms with Crippen LogP contribution in [0.1, 0.15) is 39.7 Å². The number of aliphatic imine (C=N–C) groups is 1. The normalized spacial score (nSPS) is 26.1. The smallest absolute Gasteiger partial charge is 0.191 e. The van der Waals surface area contributed by atoms with E-state index in [0.29, 0.717) is 31.2 Å². The first-order valence-corrected chi connectivity index (χ1v) is 9.97. The number of hydrogen-bond donors (Lipinski definition) is 2. The van der Waals surface area contributed by atoms with Crippen molar-refractivity contribution in [2.24, 2.45) is 16.3 Å². The van der Waals surface area contributed by atoms with Gasteiger partial charge in [-0.15, -0.1) is 0 Å². The average molecular weight is 376 g/mol. The van der Waals surface area contributed by atoms with E-state index < -0.39 is 0 Å². The van der Waals surface area contributed by atoms with Gasteiger partial charge in [0.15, 0.2) is 17.5 Å². The highest BCUT2D eigenvalue weighted by Gasteiger charge is 2.59. The van der Waals surface area contributed by atoms with E-state index in [-0.39, 0.29) is 5.41 Å². The van der Waals surface area contributed by atoms with Crippen molar-refractivity contribution in [2.75, 3.05) is 26.9 Å². The summed E-state index contributed by atoms with van der Waals surface area (Å²) in [6, 6.07) is 6.36. The van der Waals surface area contributed by atoms with Crippen molar-refractivity contribution in [3.8, 4) is 11.5 Å². The van der Waals surface area contributed by atoms with Gasteiger partial charge in [-0.2, -0.15) is 0 Å². The number of methoxy groups -OCH3 is 1. The second-order valence-corrected chi connectivity index (χ2v) is 7.80. The second-order valence-electron chi connectivity index (χ2n) is 7.80. The summed E-state index contributed by atoms with van der Waals surface area (Å²) in [7, 11) is 1.66. The van der Waals surface area contributed by atoms with Crippen molar-refractivity contribution < 1.29 is 14.2 Å². The molecule has 3 atom stereocenters. The maximum atomic E-state index is 5.90. The molecule has 0 bridgehead atoms. The Morgan fingerprint density at radius 2 is 2.11 bits per heavy atom. The van der Waals surface area contributed by atoms with Crippen molar-refractivity contribution in [3.63, 3.8) is 0 Å². The molecule has 1 heterocycles. The zero-order valence-corrected chi connectivity index (χ0v) is 17.2. The lowest BCUT2D eigenvalue weighted by Gasteiger charge is -2.54. The van der Waals surface area contributed by atoms with Crippen molar-refractivity contribution in [1.82, 2.24) is 10.6 Å². The minimum absolute atomic E-state index is 0.125. The highest BCUT2D eigenvalue weighted by Crippen LogP contribution is 2.52. The van der Waals surface area contributed by atoms with Crippen LogP contribution < -0.4 is 20.1 Å². The van der Waals surface area contributed by atoms with E-state index in [1.807, 2.05) is 25.1 Å². The third-order valence-corrected chi connectivity index (χ3v) is 5.68. The molecule has 6 nitrogen and oxygen atoms in total. The Morgan fingerprint density at radius 3 is 2.81 bits per heavy atom. The lowest BCUT2D eigenvalue weighted by Crippen LogP contribution is -2.67. The van der Waals surface area contributed by atoms with Gasteiger partial charge >= 0.3 is 0 Å². The molecular weight excluding hydrogens is 342 g/mol. The molecule has 0 amide bonds. The van der Waals surface area contributed by atoms with Gasteiger partial charge in [0, 0.05) is 30.5 Å². The van der Waals surface area contributed by atoms with E-state index >= 15 is 0 Å². The fourth-order valence-corrected chi connectivity index (χ4v) is 4.34. The molecule has 1 aromatic carbocycles. The summed E-state index contributed by atoms with van der Waals surface area (Å²) in [4.78, 5) is 4.80. The van der Waals surface area contributed by atoms with Crippen LogP contribution >= 0.6 is 0 Å². The zero-order valence-electron chi connectivity index (χ0n) is 17.2. The number of rotatable bonds is 7. The van der Waals surface area contributed by atoms with E-state index in [9.17, 15) is 0 Å². The first kappa shape index (κ1) is 19.8. The van der Waals surface area contributed by atoms with Crippen LogP contribution in [0.4, 0.5) is 0 Å². The van der Waals surface area contributed by atoms with Crippen LogP contribution in [0.3, 0.4) is 0 Å². The summed E-state index contributed by atoms with van der Waals surface area (Å²) in [5.74, 6) is 2.94. The van der Waals surface area contributed by atoms with Gasteiger partial charge in [0.05, 0.1) is 26.4 Å². The van der Waals surface area contributed by atoms with E-state index in [4.69, 9.17) is 19.2 Å². The molecule has 2 aliphatic rings. The Balaban J connectivity index is 1.70. The fraction of sp³-hybridized carbons (Fsp3) is 0.667. The van der Waals surface area contributed by atoms with Gasteiger partial charge in [0.1, 0.15) is 0 Å². The Hall–Kier alpha value is -1.95. The summed E-state index contributed by atoms with van der Waals surface area (Å²) in [6.45, 7) is 11.5. The number of nitrogens with zero attached hydrogens (tertiary/aromatic N) is 1. The highest BCUT2D eigenvalue weighted by molar-refractivity contribution is 5.80. The average Bonchev–Trinajstić information content (AvgIpc) is 3.11.